The first-order valence-corrected chi connectivity index (χ1v) is 11.3. The summed E-state index contributed by atoms with van der Waals surface area (Å²) in [5.74, 6) is 0. The van der Waals surface area contributed by atoms with Gasteiger partial charge >= 0.3 is 0 Å². The van der Waals surface area contributed by atoms with Gasteiger partial charge in [0.15, 0.2) is 0 Å². The molecule has 0 aliphatic rings. The van der Waals surface area contributed by atoms with E-state index in [1.165, 1.54) is 30.3 Å². The molecule has 7 heteroatoms. The lowest BCUT2D eigenvalue weighted by molar-refractivity contribution is 0.603. The maximum atomic E-state index is 13.0. The second kappa shape index (κ2) is 8.31. The summed E-state index contributed by atoms with van der Waals surface area (Å²) in [5, 5.41) is 11.1. The fourth-order valence-electron chi connectivity index (χ4n) is 3.42. The molecule has 0 saturated carbocycles. The Morgan fingerprint density at radius 3 is 2.42 bits per heavy atom. The van der Waals surface area contributed by atoms with Crippen molar-refractivity contribution in [3.63, 3.8) is 0 Å². The Morgan fingerprint density at radius 2 is 1.71 bits per heavy atom. The van der Waals surface area contributed by atoms with E-state index in [4.69, 9.17) is 17.3 Å². The highest BCUT2D eigenvalue weighted by Gasteiger charge is 2.21. The van der Waals surface area contributed by atoms with Crippen LogP contribution in [0.15, 0.2) is 88.8 Å². The topological polar surface area (TPSA) is 88.9 Å². The van der Waals surface area contributed by atoms with Gasteiger partial charge in [-0.3, -0.25) is 0 Å². The minimum Gasteiger partial charge on any atom is -0.399 e. The Balaban J connectivity index is 1.82. The number of anilines is 1. The van der Waals surface area contributed by atoms with Gasteiger partial charge in [-0.2, -0.15) is 5.26 Å². The maximum Gasteiger partial charge on any atom is 0.216 e. The largest absolute Gasteiger partial charge is 0.399 e. The molecule has 0 radical (unpaired) electrons. The lowest BCUT2D eigenvalue weighted by Gasteiger charge is -2.07. The van der Waals surface area contributed by atoms with E-state index < -0.39 is 9.84 Å². The van der Waals surface area contributed by atoms with Crippen molar-refractivity contribution in [3.8, 4) is 6.07 Å². The van der Waals surface area contributed by atoms with E-state index in [2.05, 4.69) is 0 Å². The van der Waals surface area contributed by atoms with Crippen LogP contribution in [0.1, 0.15) is 11.1 Å². The molecule has 0 aliphatic carbocycles. The van der Waals surface area contributed by atoms with Crippen molar-refractivity contribution in [1.82, 2.24) is 4.57 Å². The van der Waals surface area contributed by atoms with Gasteiger partial charge < -0.3 is 10.3 Å². The minimum atomic E-state index is -3.98. The summed E-state index contributed by atoms with van der Waals surface area (Å²) in [6, 6.07) is 22.8. The van der Waals surface area contributed by atoms with Crippen LogP contribution in [0.25, 0.3) is 17.0 Å². The predicted molar refractivity (Wildman–Crippen MR) is 124 cm³/mol. The highest BCUT2D eigenvalue weighted by atomic mass is 35.5. The Labute approximate surface area is 185 Å². The van der Waals surface area contributed by atoms with Gasteiger partial charge in [0.05, 0.1) is 4.90 Å². The van der Waals surface area contributed by atoms with E-state index in [-0.39, 0.29) is 9.80 Å². The third-order valence-corrected chi connectivity index (χ3v) is 7.04. The van der Waals surface area contributed by atoms with Gasteiger partial charge in [0.1, 0.15) is 11.0 Å². The lowest BCUT2D eigenvalue weighted by atomic mass is 10.1. The average molecular weight is 448 g/mol. The molecule has 0 saturated heterocycles. The number of benzene rings is 3. The van der Waals surface area contributed by atoms with Gasteiger partial charge in [-0.25, -0.2) is 8.42 Å². The third-order valence-electron chi connectivity index (χ3n) is 4.99. The summed E-state index contributed by atoms with van der Waals surface area (Å²) < 4.78 is 28.0. The number of rotatable bonds is 5. The van der Waals surface area contributed by atoms with Crippen molar-refractivity contribution in [2.24, 2.45) is 0 Å². The summed E-state index contributed by atoms with van der Waals surface area (Å²) in [7, 11) is -3.98. The van der Waals surface area contributed by atoms with Crippen molar-refractivity contribution in [2.45, 2.75) is 11.4 Å². The number of halogens is 1. The molecule has 4 rings (SSSR count). The molecule has 0 unspecified atom stereocenters. The molecule has 0 bridgehead atoms. The zero-order valence-electron chi connectivity index (χ0n) is 16.4. The number of para-hydroxylation sites is 1. The summed E-state index contributed by atoms with van der Waals surface area (Å²) in [6.45, 7) is 0.515. The van der Waals surface area contributed by atoms with Crippen molar-refractivity contribution in [1.29, 1.82) is 5.26 Å². The summed E-state index contributed by atoms with van der Waals surface area (Å²) in [6.07, 6.45) is 3.25. The Kier molecular flexibility index (Phi) is 5.55. The smallest absolute Gasteiger partial charge is 0.216 e. The molecule has 4 aromatic rings. The molecule has 2 N–H and O–H groups in total. The zero-order chi connectivity index (χ0) is 22.0. The van der Waals surface area contributed by atoms with Crippen LogP contribution < -0.4 is 5.73 Å². The molecule has 31 heavy (non-hydrogen) atoms. The van der Waals surface area contributed by atoms with E-state index in [1.807, 2.05) is 65.4 Å². The number of aromatic nitrogens is 1. The molecule has 0 aliphatic heterocycles. The van der Waals surface area contributed by atoms with E-state index in [1.54, 1.807) is 0 Å². The van der Waals surface area contributed by atoms with Crippen LogP contribution in [-0.2, 0) is 16.4 Å². The highest BCUT2D eigenvalue weighted by molar-refractivity contribution is 7.95. The second-order valence-electron chi connectivity index (χ2n) is 7.01. The van der Waals surface area contributed by atoms with Crippen LogP contribution in [0.4, 0.5) is 5.69 Å². The molecular weight excluding hydrogens is 430 g/mol. The number of hydrogen-bond donors (Lipinski definition) is 1. The number of sulfone groups is 1. The molecule has 1 aromatic heterocycles. The molecule has 0 atom stereocenters. The van der Waals surface area contributed by atoms with Crippen molar-refractivity contribution >= 4 is 44.1 Å². The van der Waals surface area contributed by atoms with Gasteiger partial charge in [0, 0.05) is 39.9 Å². The molecule has 5 nitrogen and oxygen atoms in total. The SMILES string of the molecule is N#C/C(=C\c1cn(Cc2ccccc2Cl)c2ccccc12)S(=O)(=O)c1ccc(N)cc1. The highest BCUT2D eigenvalue weighted by Crippen LogP contribution is 2.28. The van der Waals surface area contributed by atoms with E-state index in [9.17, 15) is 13.7 Å². The maximum absolute atomic E-state index is 13.0. The fourth-order valence-corrected chi connectivity index (χ4v) is 4.76. The number of hydrogen-bond acceptors (Lipinski definition) is 4. The zero-order valence-corrected chi connectivity index (χ0v) is 17.9. The quantitative estimate of drug-likeness (QED) is 0.333. The number of nitrogens with zero attached hydrogens (tertiary/aromatic N) is 2. The van der Waals surface area contributed by atoms with Crippen LogP contribution in [0.2, 0.25) is 5.02 Å². The molecular formula is C24H18ClN3O2S. The summed E-state index contributed by atoms with van der Waals surface area (Å²) in [5.41, 5.74) is 8.59. The summed E-state index contributed by atoms with van der Waals surface area (Å²) >= 11 is 6.32. The fraction of sp³-hybridized carbons (Fsp3) is 0.0417. The molecule has 0 fully saturated rings. The molecule has 0 amide bonds. The number of nitriles is 1. The van der Waals surface area contributed by atoms with Crippen LogP contribution in [0.5, 0.6) is 0 Å². The predicted octanol–water partition coefficient (Wildman–Crippen LogP) is 5.26. The van der Waals surface area contributed by atoms with E-state index in [0.717, 1.165) is 16.5 Å². The van der Waals surface area contributed by atoms with Gasteiger partial charge in [-0.1, -0.05) is 48.0 Å². The van der Waals surface area contributed by atoms with Gasteiger partial charge in [0.25, 0.3) is 0 Å². The normalized spacial score (nSPS) is 12.1. The van der Waals surface area contributed by atoms with Crippen molar-refractivity contribution in [3.05, 3.63) is 100 Å². The molecule has 0 spiro atoms. The lowest BCUT2D eigenvalue weighted by Crippen LogP contribution is -2.03. The Morgan fingerprint density at radius 1 is 1.03 bits per heavy atom. The number of fused-ring (bicyclic) bond motifs is 1. The van der Waals surface area contributed by atoms with Gasteiger partial charge in [-0.15, -0.1) is 0 Å². The van der Waals surface area contributed by atoms with Crippen LogP contribution in [0, 0.1) is 11.3 Å². The Hall–Kier alpha value is -3.53. The third kappa shape index (κ3) is 4.06. The average Bonchev–Trinajstić information content (AvgIpc) is 3.11. The van der Waals surface area contributed by atoms with Crippen molar-refractivity contribution in [2.75, 3.05) is 5.73 Å². The van der Waals surface area contributed by atoms with Crippen LogP contribution >= 0.6 is 11.6 Å². The first-order chi connectivity index (χ1) is 14.9. The van der Waals surface area contributed by atoms with Gasteiger partial charge in [-0.05, 0) is 48.0 Å². The van der Waals surface area contributed by atoms with Gasteiger partial charge in [0.2, 0.25) is 9.84 Å². The molecule has 3 aromatic carbocycles. The monoisotopic (exact) mass is 447 g/mol. The Bertz CT molecular complexity index is 1450. The molecule has 1 heterocycles. The number of nitrogens with two attached hydrogens (primary N) is 1. The van der Waals surface area contributed by atoms with Crippen LogP contribution in [0.3, 0.4) is 0 Å². The first kappa shape index (κ1) is 20.7. The number of allylic oxidation sites excluding steroid dienone is 1. The van der Waals surface area contributed by atoms with Crippen molar-refractivity contribution < 1.29 is 8.42 Å². The standard InChI is InChI=1S/C24H18ClN3O2S/c25-23-7-3-1-5-17(23)15-28-16-18(22-6-2-4-8-24(22)28)13-21(14-26)31(29,30)20-11-9-19(27)10-12-20/h1-13,16H,15,27H2/b21-13+. The molecule has 154 valence electrons. The van der Waals surface area contributed by atoms with Crippen LogP contribution in [-0.4, -0.2) is 13.0 Å². The first-order valence-electron chi connectivity index (χ1n) is 9.44. The second-order valence-corrected chi connectivity index (χ2v) is 9.34. The summed E-state index contributed by atoms with van der Waals surface area (Å²) in [4.78, 5) is -0.313. The minimum absolute atomic E-state index is 0.0225. The number of nitrogen functional groups attached to an aromatic ring is 1. The van der Waals surface area contributed by atoms with E-state index in [0.29, 0.717) is 22.8 Å². The van der Waals surface area contributed by atoms with E-state index >= 15 is 0 Å².